The SMILES string of the molecule is CCOc1ccc(-c2cc(CC(=O)O)c(=O)n(CC)n2)cc1. The average molecular weight is 302 g/mol. The number of ether oxygens (including phenoxy) is 1. The number of hydrogen-bond donors (Lipinski definition) is 1. The van der Waals surface area contributed by atoms with Gasteiger partial charge in [0.1, 0.15) is 5.75 Å². The van der Waals surface area contributed by atoms with E-state index < -0.39 is 5.97 Å². The minimum absolute atomic E-state index is 0.230. The van der Waals surface area contributed by atoms with Crippen LogP contribution in [0.3, 0.4) is 0 Å². The zero-order chi connectivity index (χ0) is 16.1. The van der Waals surface area contributed by atoms with Gasteiger partial charge in [0.05, 0.1) is 18.7 Å². The van der Waals surface area contributed by atoms with Gasteiger partial charge in [0.15, 0.2) is 0 Å². The maximum absolute atomic E-state index is 12.1. The minimum Gasteiger partial charge on any atom is -0.494 e. The molecule has 0 saturated carbocycles. The number of aromatic nitrogens is 2. The molecule has 0 bridgehead atoms. The van der Waals surface area contributed by atoms with Crippen molar-refractivity contribution >= 4 is 5.97 Å². The van der Waals surface area contributed by atoms with Gasteiger partial charge in [-0.2, -0.15) is 5.10 Å². The Balaban J connectivity index is 2.45. The third kappa shape index (κ3) is 3.52. The summed E-state index contributed by atoms with van der Waals surface area (Å²) < 4.78 is 6.67. The van der Waals surface area contributed by atoms with Gasteiger partial charge in [-0.25, -0.2) is 4.68 Å². The fourth-order valence-electron chi connectivity index (χ4n) is 2.13. The summed E-state index contributed by atoms with van der Waals surface area (Å²) in [6, 6.07) is 8.85. The molecule has 0 aliphatic heterocycles. The first kappa shape index (κ1) is 15.8. The molecule has 116 valence electrons. The Labute approximate surface area is 128 Å². The van der Waals surface area contributed by atoms with E-state index in [0.29, 0.717) is 18.8 Å². The number of carboxylic acids is 1. The molecule has 0 unspecified atom stereocenters. The van der Waals surface area contributed by atoms with E-state index in [1.165, 1.54) is 10.7 Å². The number of carboxylic acid groups (broad SMARTS) is 1. The van der Waals surface area contributed by atoms with Gasteiger partial charge < -0.3 is 9.84 Å². The van der Waals surface area contributed by atoms with Crippen LogP contribution in [-0.2, 0) is 17.8 Å². The molecule has 0 aliphatic rings. The molecule has 22 heavy (non-hydrogen) atoms. The molecule has 0 amide bonds. The first-order valence-electron chi connectivity index (χ1n) is 7.11. The van der Waals surface area contributed by atoms with Gasteiger partial charge >= 0.3 is 5.97 Å². The fourth-order valence-corrected chi connectivity index (χ4v) is 2.13. The number of nitrogens with zero attached hydrogens (tertiary/aromatic N) is 2. The van der Waals surface area contributed by atoms with Crippen molar-refractivity contribution in [2.75, 3.05) is 6.61 Å². The number of aliphatic carboxylic acids is 1. The Bertz CT molecular complexity index is 720. The van der Waals surface area contributed by atoms with Crippen LogP contribution in [0.25, 0.3) is 11.3 Å². The fraction of sp³-hybridized carbons (Fsp3) is 0.312. The van der Waals surface area contributed by atoms with Crippen molar-refractivity contribution < 1.29 is 14.6 Å². The molecule has 2 rings (SSSR count). The molecule has 2 aromatic rings. The summed E-state index contributed by atoms with van der Waals surface area (Å²) in [6.07, 6.45) is -0.314. The highest BCUT2D eigenvalue weighted by atomic mass is 16.5. The summed E-state index contributed by atoms with van der Waals surface area (Å²) in [5.41, 5.74) is 1.24. The quantitative estimate of drug-likeness (QED) is 0.882. The maximum atomic E-state index is 12.1. The Morgan fingerprint density at radius 3 is 2.50 bits per heavy atom. The first-order valence-corrected chi connectivity index (χ1v) is 7.11. The lowest BCUT2D eigenvalue weighted by Crippen LogP contribution is -2.27. The molecule has 0 radical (unpaired) electrons. The molecule has 1 heterocycles. The first-order chi connectivity index (χ1) is 10.5. The van der Waals surface area contributed by atoms with Gasteiger partial charge in [-0.3, -0.25) is 9.59 Å². The van der Waals surface area contributed by atoms with Crippen molar-refractivity contribution in [3.8, 4) is 17.0 Å². The monoisotopic (exact) mass is 302 g/mol. The minimum atomic E-state index is -1.04. The van der Waals surface area contributed by atoms with Crippen LogP contribution in [0.4, 0.5) is 0 Å². The highest BCUT2D eigenvalue weighted by Crippen LogP contribution is 2.20. The number of hydrogen-bond acceptors (Lipinski definition) is 4. The van der Waals surface area contributed by atoms with E-state index in [-0.39, 0.29) is 17.5 Å². The van der Waals surface area contributed by atoms with Crippen LogP contribution in [0.1, 0.15) is 19.4 Å². The maximum Gasteiger partial charge on any atom is 0.308 e. The molecule has 1 aromatic heterocycles. The van der Waals surface area contributed by atoms with E-state index in [9.17, 15) is 9.59 Å². The van der Waals surface area contributed by atoms with Crippen LogP contribution >= 0.6 is 0 Å². The Morgan fingerprint density at radius 1 is 1.27 bits per heavy atom. The molecule has 6 nitrogen and oxygen atoms in total. The summed E-state index contributed by atoms with van der Waals surface area (Å²) in [4.78, 5) is 23.0. The van der Waals surface area contributed by atoms with Gasteiger partial charge in [0, 0.05) is 17.7 Å². The highest BCUT2D eigenvalue weighted by Gasteiger charge is 2.12. The summed E-state index contributed by atoms with van der Waals surface area (Å²) in [7, 11) is 0. The largest absolute Gasteiger partial charge is 0.494 e. The van der Waals surface area contributed by atoms with Crippen molar-refractivity contribution in [3.05, 3.63) is 46.2 Å². The van der Waals surface area contributed by atoms with Gasteiger partial charge in [-0.05, 0) is 44.2 Å². The summed E-state index contributed by atoms with van der Waals surface area (Å²) in [5, 5.41) is 13.2. The molecule has 0 aliphatic carbocycles. The van der Waals surface area contributed by atoms with Gasteiger partial charge in [0.2, 0.25) is 0 Å². The standard InChI is InChI=1S/C16H18N2O4/c1-3-18-16(21)12(10-15(19)20)9-14(17-18)11-5-7-13(8-6-11)22-4-2/h5-9H,3-4,10H2,1-2H3,(H,19,20). The molecule has 0 fully saturated rings. The second-order valence-electron chi connectivity index (χ2n) is 4.70. The predicted molar refractivity (Wildman–Crippen MR) is 82.1 cm³/mol. The highest BCUT2D eigenvalue weighted by molar-refractivity contribution is 5.71. The second-order valence-corrected chi connectivity index (χ2v) is 4.70. The molecule has 0 saturated heterocycles. The molecule has 1 aromatic carbocycles. The van der Waals surface area contributed by atoms with Gasteiger partial charge in [0.25, 0.3) is 5.56 Å². The number of rotatable bonds is 6. The lowest BCUT2D eigenvalue weighted by Gasteiger charge is -2.09. The Hall–Kier alpha value is -2.63. The summed E-state index contributed by atoms with van der Waals surface area (Å²) in [6.45, 7) is 4.67. The second kappa shape index (κ2) is 6.89. The van der Waals surface area contributed by atoms with Crippen LogP contribution in [0.5, 0.6) is 5.75 Å². The normalized spacial score (nSPS) is 10.5. The van der Waals surface area contributed by atoms with Gasteiger partial charge in [-0.1, -0.05) is 0 Å². The van der Waals surface area contributed by atoms with Crippen LogP contribution in [0.2, 0.25) is 0 Å². The van der Waals surface area contributed by atoms with Crippen LogP contribution in [0.15, 0.2) is 35.1 Å². The number of benzene rings is 1. The number of aryl methyl sites for hydroxylation is 1. The summed E-state index contributed by atoms with van der Waals surface area (Å²) >= 11 is 0. The van der Waals surface area contributed by atoms with Crippen LogP contribution < -0.4 is 10.3 Å². The predicted octanol–water partition coefficient (Wildman–Crippen LogP) is 1.96. The van der Waals surface area contributed by atoms with Crippen LogP contribution in [-0.4, -0.2) is 27.5 Å². The zero-order valence-corrected chi connectivity index (χ0v) is 12.6. The van der Waals surface area contributed by atoms with E-state index in [4.69, 9.17) is 9.84 Å². The van der Waals surface area contributed by atoms with Crippen molar-refractivity contribution in [1.29, 1.82) is 0 Å². The van der Waals surface area contributed by atoms with Crippen molar-refractivity contribution in [3.63, 3.8) is 0 Å². The number of carbonyl (C=O) groups is 1. The van der Waals surface area contributed by atoms with E-state index in [1.807, 2.05) is 31.2 Å². The average Bonchev–Trinajstić information content (AvgIpc) is 2.50. The molecule has 0 spiro atoms. The van der Waals surface area contributed by atoms with E-state index in [2.05, 4.69) is 5.10 Å². The third-order valence-corrected chi connectivity index (χ3v) is 3.15. The van der Waals surface area contributed by atoms with Crippen molar-refractivity contribution in [1.82, 2.24) is 9.78 Å². The Kier molecular flexibility index (Phi) is 4.93. The Morgan fingerprint density at radius 2 is 1.95 bits per heavy atom. The van der Waals surface area contributed by atoms with E-state index in [0.717, 1.165) is 11.3 Å². The van der Waals surface area contributed by atoms with Crippen molar-refractivity contribution in [2.24, 2.45) is 0 Å². The van der Waals surface area contributed by atoms with E-state index in [1.54, 1.807) is 6.92 Å². The molecular formula is C16H18N2O4. The third-order valence-electron chi connectivity index (χ3n) is 3.15. The van der Waals surface area contributed by atoms with Crippen LogP contribution in [0, 0.1) is 0 Å². The molecule has 1 N–H and O–H groups in total. The topological polar surface area (TPSA) is 81.4 Å². The lowest BCUT2D eigenvalue weighted by atomic mass is 10.1. The zero-order valence-electron chi connectivity index (χ0n) is 12.6. The van der Waals surface area contributed by atoms with Gasteiger partial charge in [-0.15, -0.1) is 0 Å². The van der Waals surface area contributed by atoms with E-state index >= 15 is 0 Å². The smallest absolute Gasteiger partial charge is 0.308 e. The summed E-state index contributed by atoms with van der Waals surface area (Å²) in [5.74, 6) is -0.288. The molecule has 0 atom stereocenters. The molecule has 6 heteroatoms. The lowest BCUT2D eigenvalue weighted by molar-refractivity contribution is -0.136. The molecular weight excluding hydrogens is 284 g/mol. The van der Waals surface area contributed by atoms with Crippen molar-refractivity contribution in [2.45, 2.75) is 26.8 Å².